The third kappa shape index (κ3) is 2.78. The lowest BCUT2D eigenvalue weighted by atomic mass is 10.2. The number of amides is 2. The van der Waals surface area contributed by atoms with E-state index in [1.165, 1.54) is 4.41 Å². The van der Waals surface area contributed by atoms with E-state index in [-0.39, 0.29) is 6.03 Å². The van der Waals surface area contributed by atoms with Crippen molar-refractivity contribution in [1.29, 1.82) is 0 Å². The number of urea groups is 1. The molecule has 0 fully saturated rings. The summed E-state index contributed by atoms with van der Waals surface area (Å²) in [4.78, 5) is 11.2. The SMILES string of the molecule is CNC(=O)Nc1cccc(N2CN(S)N=N2)c1. The molecule has 1 aliphatic rings. The van der Waals surface area contributed by atoms with E-state index in [1.807, 2.05) is 12.1 Å². The maximum absolute atomic E-state index is 11.2. The van der Waals surface area contributed by atoms with Gasteiger partial charge in [0.05, 0.1) is 5.69 Å². The van der Waals surface area contributed by atoms with Gasteiger partial charge >= 0.3 is 6.03 Å². The summed E-state index contributed by atoms with van der Waals surface area (Å²) < 4.78 is 1.42. The Balaban J connectivity index is 2.12. The minimum Gasteiger partial charge on any atom is -0.341 e. The normalized spacial score (nSPS) is 14.0. The van der Waals surface area contributed by atoms with Crippen molar-refractivity contribution in [3.63, 3.8) is 0 Å². The zero-order chi connectivity index (χ0) is 12.3. The lowest BCUT2D eigenvalue weighted by molar-refractivity contribution is 0.254. The molecule has 0 unspecified atom stereocenters. The molecule has 0 radical (unpaired) electrons. The van der Waals surface area contributed by atoms with Gasteiger partial charge in [0.25, 0.3) is 0 Å². The number of anilines is 2. The van der Waals surface area contributed by atoms with E-state index in [4.69, 9.17) is 0 Å². The van der Waals surface area contributed by atoms with Crippen LogP contribution in [0.25, 0.3) is 0 Å². The highest BCUT2D eigenvalue weighted by molar-refractivity contribution is 7.77. The molecule has 0 bridgehead atoms. The summed E-state index contributed by atoms with van der Waals surface area (Å²) in [5.74, 6) is 0. The van der Waals surface area contributed by atoms with E-state index in [0.717, 1.165) is 5.69 Å². The first-order valence-electron chi connectivity index (χ1n) is 4.93. The Hall–Kier alpha value is -1.96. The predicted octanol–water partition coefficient (Wildman–Crippen LogP) is 1.64. The van der Waals surface area contributed by atoms with Crippen LogP contribution in [-0.4, -0.2) is 24.2 Å². The molecule has 7 nitrogen and oxygen atoms in total. The second-order valence-electron chi connectivity index (χ2n) is 3.35. The van der Waals surface area contributed by atoms with Crippen LogP contribution in [0.15, 0.2) is 34.7 Å². The van der Waals surface area contributed by atoms with Crippen LogP contribution in [0, 0.1) is 0 Å². The topological polar surface area (TPSA) is 72.3 Å². The van der Waals surface area contributed by atoms with Crippen LogP contribution >= 0.6 is 12.8 Å². The van der Waals surface area contributed by atoms with Gasteiger partial charge in [-0.15, -0.1) is 0 Å². The van der Waals surface area contributed by atoms with Crippen LogP contribution in [0.1, 0.15) is 0 Å². The van der Waals surface area contributed by atoms with Crippen molar-refractivity contribution in [1.82, 2.24) is 9.73 Å². The standard InChI is InChI=1S/C9H12N6OS/c1-10-9(16)11-7-3-2-4-8(5-7)14-6-15(17)13-12-14/h2-5,17H,6H2,1H3,(H2,10,11,16). The fourth-order valence-corrected chi connectivity index (χ4v) is 1.50. The molecule has 2 N–H and O–H groups in total. The third-order valence-electron chi connectivity index (χ3n) is 2.14. The number of thiol groups is 1. The van der Waals surface area contributed by atoms with E-state index in [9.17, 15) is 4.79 Å². The van der Waals surface area contributed by atoms with Crippen molar-refractivity contribution in [3.8, 4) is 0 Å². The first-order chi connectivity index (χ1) is 8.19. The van der Waals surface area contributed by atoms with E-state index >= 15 is 0 Å². The Morgan fingerprint density at radius 2 is 2.29 bits per heavy atom. The quantitative estimate of drug-likeness (QED) is 0.701. The highest BCUT2D eigenvalue weighted by Gasteiger charge is 2.14. The average Bonchev–Trinajstić information content (AvgIpc) is 2.76. The smallest absolute Gasteiger partial charge is 0.318 e. The summed E-state index contributed by atoms with van der Waals surface area (Å²) in [7, 11) is 1.56. The van der Waals surface area contributed by atoms with Crippen molar-refractivity contribution >= 4 is 30.2 Å². The van der Waals surface area contributed by atoms with E-state index in [1.54, 1.807) is 24.2 Å². The summed E-state index contributed by atoms with van der Waals surface area (Å²) >= 11 is 4.05. The van der Waals surface area contributed by atoms with Crippen LogP contribution in [-0.2, 0) is 0 Å². The van der Waals surface area contributed by atoms with Crippen molar-refractivity contribution in [3.05, 3.63) is 24.3 Å². The van der Waals surface area contributed by atoms with Crippen LogP contribution in [0.5, 0.6) is 0 Å². The van der Waals surface area contributed by atoms with Crippen LogP contribution < -0.4 is 15.6 Å². The molecule has 0 saturated heterocycles. The van der Waals surface area contributed by atoms with Crippen molar-refractivity contribution in [2.24, 2.45) is 10.4 Å². The highest BCUT2D eigenvalue weighted by atomic mass is 32.1. The number of nitrogens with one attached hydrogen (secondary N) is 2. The highest BCUT2D eigenvalue weighted by Crippen LogP contribution is 2.23. The molecule has 2 amide bonds. The molecule has 8 heteroatoms. The molecule has 1 aromatic rings. The second kappa shape index (κ2) is 4.91. The van der Waals surface area contributed by atoms with Gasteiger partial charge in [0.1, 0.15) is 6.67 Å². The maximum Gasteiger partial charge on any atom is 0.318 e. The molecule has 1 aromatic carbocycles. The Bertz CT molecular complexity index is 451. The summed E-state index contributed by atoms with van der Waals surface area (Å²) in [6.45, 7) is 0.465. The van der Waals surface area contributed by atoms with Crippen LogP contribution in [0.3, 0.4) is 0 Å². The van der Waals surface area contributed by atoms with Gasteiger partial charge in [-0.3, -0.25) is 0 Å². The lowest BCUT2D eigenvalue weighted by Crippen LogP contribution is -2.24. The number of carbonyl (C=O) groups is 1. The van der Waals surface area contributed by atoms with E-state index in [0.29, 0.717) is 12.4 Å². The summed E-state index contributed by atoms with van der Waals surface area (Å²) in [5.41, 5.74) is 1.52. The number of nitrogens with zero attached hydrogens (tertiary/aromatic N) is 4. The predicted molar refractivity (Wildman–Crippen MR) is 67.5 cm³/mol. The number of benzene rings is 1. The minimum atomic E-state index is -0.263. The molecular weight excluding hydrogens is 240 g/mol. The van der Waals surface area contributed by atoms with Crippen molar-refractivity contribution in [2.45, 2.75) is 0 Å². The molecular formula is C9H12N6OS. The third-order valence-corrected chi connectivity index (χ3v) is 2.35. The fourth-order valence-electron chi connectivity index (χ4n) is 1.34. The van der Waals surface area contributed by atoms with Gasteiger partial charge in [-0.2, -0.15) is 0 Å². The van der Waals surface area contributed by atoms with Crippen LogP contribution in [0.4, 0.5) is 16.2 Å². The van der Waals surface area contributed by atoms with Gasteiger partial charge in [-0.1, -0.05) is 6.07 Å². The van der Waals surface area contributed by atoms with Gasteiger partial charge in [0.15, 0.2) is 0 Å². The Kier molecular flexibility index (Phi) is 3.33. The van der Waals surface area contributed by atoms with Gasteiger partial charge in [-0.05, 0) is 41.5 Å². The molecule has 0 atom stereocenters. The molecule has 0 saturated carbocycles. The molecule has 2 rings (SSSR count). The zero-order valence-electron chi connectivity index (χ0n) is 9.16. The Morgan fingerprint density at radius 3 is 2.94 bits per heavy atom. The summed E-state index contributed by atoms with van der Waals surface area (Å²) in [5, 5.41) is 14.5. The molecule has 0 aliphatic carbocycles. The fraction of sp³-hybridized carbons (Fsp3) is 0.222. The summed E-state index contributed by atoms with van der Waals surface area (Å²) in [6.07, 6.45) is 0. The molecule has 1 aliphatic heterocycles. The number of carbonyl (C=O) groups excluding carboxylic acids is 1. The summed E-state index contributed by atoms with van der Waals surface area (Å²) in [6, 6.07) is 7.05. The molecule has 1 heterocycles. The largest absolute Gasteiger partial charge is 0.341 e. The van der Waals surface area contributed by atoms with Gasteiger partial charge < -0.3 is 10.6 Å². The first kappa shape index (κ1) is 11.5. The molecule has 0 spiro atoms. The monoisotopic (exact) mass is 252 g/mol. The lowest BCUT2D eigenvalue weighted by Gasteiger charge is -2.14. The molecule has 0 aromatic heterocycles. The Morgan fingerprint density at radius 1 is 1.47 bits per heavy atom. The molecule has 90 valence electrons. The van der Waals surface area contributed by atoms with Crippen molar-refractivity contribution < 1.29 is 4.79 Å². The number of hydrogen-bond donors (Lipinski definition) is 3. The van der Waals surface area contributed by atoms with Crippen LogP contribution in [0.2, 0.25) is 0 Å². The number of hydrogen-bond acceptors (Lipinski definition) is 6. The maximum atomic E-state index is 11.2. The number of rotatable bonds is 2. The average molecular weight is 252 g/mol. The zero-order valence-corrected chi connectivity index (χ0v) is 10.1. The van der Waals surface area contributed by atoms with E-state index < -0.39 is 0 Å². The van der Waals surface area contributed by atoms with Gasteiger partial charge in [-0.25, -0.2) is 14.2 Å². The van der Waals surface area contributed by atoms with E-state index in [2.05, 4.69) is 33.9 Å². The minimum absolute atomic E-state index is 0.263. The van der Waals surface area contributed by atoms with Gasteiger partial charge in [0, 0.05) is 12.7 Å². The Labute approximate surface area is 104 Å². The molecule has 17 heavy (non-hydrogen) atoms. The second-order valence-corrected chi connectivity index (χ2v) is 3.81. The van der Waals surface area contributed by atoms with Crippen molar-refractivity contribution in [2.75, 3.05) is 24.0 Å². The van der Waals surface area contributed by atoms with Gasteiger partial charge in [0.2, 0.25) is 0 Å². The first-order valence-corrected chi connectivity index (χ1v) is 5.33.